The summed E-state index contributed by atoms with van der Waals surface area (Å²) in [5.41, 5.74) is 0. The van der Waals surface area contributed by atoms with E-state index in [1.54, 1.807) is 6.92 Å². The van der Waals surface area contributed by atoms with Crippen LogP contribution >= 0.6 is 0 Å². The van der Waals surface area contributed by atoms with Gasteiger partial charge in [0.15, 0.2) is 0 Å². The zero-order chi connectivity index (χ0) is 23.5. The molecule has 2 amide bonds. The van der Waals surface area contributed by atoms with E-state index < -0.39 is 0 Å². The minimum absolute atomic E-state index is 0.0561. The summed E-state index contributed by atoms with van der Waals surface area (Å²) in [4.78, 5) is 36.0. The van der Waals surface area contributed by atoms with Gasteiger partial charge in [-0.1, -0.05) is 79.1 Å². The molecule has 0 aliphatic heterocycles. The van der Waals surface area contributed by atoms with Gasteiger partial charge in [-0.3, -0.25) is 14.4 Å². The molecule has 31 heavy (non-hydrogen) atoms. The van der Waals surface area contributed by atoms with Crippen molar-refractivity contribution in [2.45, 2.75) is 131 Å². The van der Waals surface area contributed by atoms with Crippen molar-refractivity contribution in [3.8, 4) is 0 Å². The molecule has 0 bridgehead atoms. The van der Waals surface area contributed by atoms with Gasteiger partial charge in [0.05, 0.1) is 0 Å². The second-order valence-corrected chi connectivity index (χ2v) is 9.63. The van der Waals surface area contributed by atoms with E-state index in [9.17, 15) is 14.4 Å². The van der Waals surface area contributed by atoms with Crippen molar-refractivity contribution in [1.29, 1.82) is 0 Å². The monoisotopic (exact) mass is 438 g/mol. The van der Waals surface area contributed by atoms with E-state index in [1.165, 1.54) is 38.5 Å². The number of ketones is 1. The molecule has 0 saturated carbocycles. The lowest BCUT2D eigenvalue weighted by Crippen LogP contribution is -2.37. The van der Waals surface area contributed by atoms with Crippen molar-refractivity contribution in [3.63, 3.8) is 0 Å². The summed E-state index contributed by atoms with van der Waals surface area (Å²) in [6, 6.07) is -0.0952. The van der Waals surface area contributed by atoms with E-state index in [-0.39, 0.29) is 23.6 Å². The van der Waals surface area contributed by atoms with Gasteiger partial charge in [0.25, 0.3) is 0 Å². The fourth-order valence-electron chi connectivity index (χ4n) is 4.00. The number of carbonyl (C=O) groups is 3. The minimum Gasteiger partial charge on any atom is -0.356 e. The zero-order valence-corrected chi connectivity index (χ0v) is 21.1. The predicted octanol–water partition coefficient (Wildman–Crippen LogP) is 5.95. The van der Waals surface area contributed by atoms with Gasteiger partial charge in [0, 0.05) is 31.8 Å². The summed E-state index contributed by atoms with van der Waals surface area (Å²) in [5, 5.41) is 6.09. The van der Waals surface area contributed by atoms with E-state index in [0.717, 1.165) is 32.1 Å². The first-order valence-corrected chi connectivity index (χ1v) is 12.8. The summed E-state index contributed by atoms with van der Waals surface area (Å²) < 4.78 is 0. The van der Waals surface area contributed by atoms with Crippen LogP contribution in [0.5, 0.6) is 0 Å². The molecular formula is C26H50N2O3. The van der Waals surface area contributed by atoms with Crippen LogP contribution in [0, 0.1) is 11.8 Å². The Morgan fingerprint density at radius 1 is 0.677 bits per heavy atom. The quantitative estimate of drug-likeness (QED) is 0.231. The van der Waals surface area contributed by atoms with E-state index >= 15 is 0 Å². The molecule has 3 atom stereocenters. The number of unbranched alkanes of at least 4 members (excludes halogenated alkanes) is 5. The summed E-state index contributed by atoms with van der Waals surface area (Å²) in [5.74, 6) is 1.11. The Labute approximate surface area is 191 Å². The third-order valence-electron chi connectivity index (χ3n) is 5.87. The highest BCUT2D eigenvalue weighted by Gasteiger charge is 2.16. The summed E-state index contributed by atoms with van der Waals surface area (Å²) in [6.45, 7) is 10.9. The molecule has 2 N–H and O–H groups in total. The van der Waals surface area contributed by atoms with Crippen LogP contribution in [0.25, 0.3) is 0 Å². The van der Waals surface area contributed by atoms with E-state index in [0.29, 0.717) is 37.6 Å². The molecule has 0 radical (unpaired) electrons. The number of amides is 2. The van der Waals surface area contributed by atoms with Crippen molar-refractivity contribution in [3.05, 3.63) is 0 Å². The number of rotatable bonds is 20. The molecule has 0 heterocycles. The van der Waals surface area contributed by atoms with Gasteiger partial charge in [-0.2, -0.15) is 0 Å². The third-order valence-corrected chi connectivity index (χ3v) is 5.87. The zero-order valence-electron chi connectivity index (χ0n) is 21.1. The molecule has 0 aromatic rings. The second-order valence-electron chi connectivity index (χ2n) is 9.63. The van der Waals surface area contributed by atoms with Gasteiger partial charge in [0.1, 0.15) is 5.78 Å². The highest BCUT2D eigenvalue weighted by molar-refractivity contribution is 5.79. The van der Waals surface area contributed by atoms with Crippen LogP contribution in [0.2, 0.25) is 0 Å². The molecular weight excluding hydrogens is 388 g/mol. The SMILES string of the molecule is CCCCCC(C)CC(=O)NCCCCC(CC(C)=O)NC(=O)CC(C)CCCCC. The predicted molar refractivity (Wildman–Crippen MR) is 130 cm³/mol. The topological polar surface area (TPSA) is 75.3 Å². The molecule has 0 spiro atoms. The van der Waals surface area contributed by atoms with Crippen molar-refractivity contribution in [2.75, 3.05) is 6.54 Å². The van der Waals surface area contributed by atoms with E-state index in [4.69, 9.17) is 0 Å². The molecule has 0 aromatic heterocycles. The fourth-order valence-corrected chi connectivity index (χ4v) is 4.00. The standard InChI is InChI=1S/C26H50N2O3/c1-6-8-10-14-21(3)18-25(30)27-17-13-12-16-24(20-23(5)29)28-26(31)19-22(4)15-11-9-7-2/h21-22,24H,6-20H2,1-5H3,(H,27,30)(H,28,31). The first-order chi connectivity index (χ1) is 14.8. The van der Waals surface area contributed by atoms with Crippen LogP contribution in [0.15, 0.2) is 0 Å². The average Bonchev–Trinajstić information content (AvgIpc) is 2.67. The van der Waals surface area contributed by atoms with Crippen molar-refractivity contribution in [1.82, 2.24) is 10.6 Å². The Balaban J connectivity index is 4.11. The maximum atomic E-state index is 12.4. The van der Waals surface area contributed by atoms with Crippen LogP contribution in [-0.2, 0) is 14.4 Å². The highest BCUT2D eigenvalue weighted by atomic mass is 16.2. The maximum absolute atomic E-state index is 12.4. The maximum Gasteiger partial charge on any atom is 0.220 e. The van der Waals surface area contributed by atoms with Crippen molar-refractivity contribution >= 4 is 17.6 Å². The molecule has 0 aliphatic carbocycles. The number of hydrogen-bond acceptors (Lipinski definition) is 3. The first kappa shape index (κ1) is 29.6. The Hall–Kier alpha value is -1.39. The van der Waals surface area contributed by atoms with Gasteiger partial charge in [-0.05, 0) is 38.0 Å². The Morgan fingerprint density at radius 3 is 1.71 bits per heavy atom. The molecule has 5 heteroatoms. The van der Waals surface area contributed by atoms with E-state index in [2.05, 4.69) is 38.3 Å². The van der Waals surface area contributed by atoms with Crippen LogP contribution in [0.1, 0.15) is 125 Å². The molecule has 5 nitrogen and oxygen atoms in total. The molecule has 0 aromatic carbocycles. The van der Waals surface area contributed by atoms with Gasteiger partial charge in [-0.15, -0.1) is 0 Å². The molecule has 0 rings (SSSR count). The Morgan fingerprint density at radius 2 is 1.19 bits per heavy atom. The lowest BCUT2D eigenvalue weighted by atomic mass is 9.98. The van der Waals surface area contributed by atoms with E-state index in [1.807, 2.05) is 0 Å². The van der Waals surface area contributed by atoms with Crippen LogP contribution in [-0.4, -0.2) is 30.2 Å². The average molecular weight is 439 g/mol. The molecule has 0 aliphatic rings. The molecule has 3 unspecified atom stereocenters. The van der Waals surface area contributed by atoms with Gasteiger partial charge in [0.2, 0.25) is 11.8 Å². The molecule has 0 fully saturated rings. The normalized spacial score (nSPS) is 14.0. The number of hydrogen-bond donors (Lipinski definition) is 2. The third kappa shape index (κ3) is 19.1. The minimum atomic E-state index is -0.0952. The summed E-state index contributed by atoms with van der Waals surface area (Å²) in [6.07, 6.45) is 13.5. The lowest BCUT2D eigenvalue weighted by molar-refractivity contribution is -0.123. The molecule has 182 valence electrons. The Bertz CT molecular complexity index is 493. The number of Topliss-reactive ketones (excluding diaryl/α,β-unsaturated/α-hetero) is 1. The first-order valence-electron chi connectivity index (χ1n) is 12.8. The van der Waals surface area contributed by atoms with Gasteiger partial charge >= 0.3 is 0 Å². The van der Waals surface area contributed by atoms with Crippen LogP contribution in [0.4, 0.5) is 0 Å². The molecule has 0 saturated heterocycles. The number of carbonyl (C=O) groups excluding carboxylic acids is 3. The van der Waals surface area contributed by atoms with Gasteiger partial charge < -0.3 is 10.6 Å². The lowest BCUT2D eigenvalue weighted by Gasteiger charge is -2.19. The summed E-state index contributed by atoms with van der Waals surface area (Å²) >= 11 is 0. The number of nitrogens with one attached hydrogen (secondary N) is 2. The highest BCUT2D eigenvalue weighted by Crippen LogP contribution is 2.14. The van der Waals surface area contributed by atoms with Crippen molar-refractivity contribution in [2.24, 2.45) is 11.8 Å². The van der Waals surface area contributed by atoms with Gasteiger partial charge in [-0.25, -0.2) is 0 Å². The second kappa shape index (κ2) is 19.3. The van der Waals surface area contributed by atoms with Crippen molar-refractivity contribution < 1.29 is 14.4 Å². The van der Waals surface area contributed by atoms with Crippen LogP contribution in [0.3, 0.4) is 0 Å². The van der Waals surface area contributed by atoms with Crippen LogP contribution < -0.4 is 10.6 Å². The largest absolute Gasteiger partial charge is 0.356 e. The fraction of sp³-hybridized carbons (Fsp3) is 0.885. The Kier molecular flexibility index (Phi) is 18.4. The smallest absolute Gasteiger partial charge is 0.220 e. The summed E-state index contributed by atoms with van der Waals surface area (Å²) in [7, 11) is 0.